The molecule has 7 nitrogen and oxygen atoms in total. The molecule has 0 aromatic heterocycles. The predicted molar refractivity (Wildman–Crippen MR) is 21.0 cm³/mol. The second kappa shape index (κ2) is 11.3. The van der Waals surface area contributed by atoms with Crippen LogP contribution >= 0.6 is 0 Å². The van der Waals surface area contributed by atoms with E-state index in [4.69, 9.17) is 30.3 Å². The molecule has 0 amide bonds. The molecule has 0 unspecified atom stereocenters. The van der Waals surface area contributed by atoms with E-state index in [0.717, 1.165) is 0 Å². The largest absolute Gasteiger partial charge is 1.00 e. The molecule has 0 saturated heterocycles. The summed E-state index contributed by atoms with van der Waals surface area (Å²) in [6.45, 7) is 0. The van der Waals surface area contributed by atoms with Crippen LogP contribution in [0.3, 0.4) is 0 Å². The number of carbonyl (C=O) groups is 1. The smallest absolute Gasteiger partial charge is 0.450 e. The van der Waals surface area contributed by atoms with Crippen LogP contribution in [0.5, 0.6) is 0 Å². The molecule has 0 saturated carbocycles. The van der Waals surface area contributed by atoms with Gasteiger partial charge >= 0.3 is 75.0 Å². The summed E-state index contributed by atoms with van der Waals surface area (Å²) in [6.07, 6.45) is -1.83. The van der Waals surface area contributed by atoms with Crippen molar-refractivity contribution in [1.82, 2.24) is 0 Å². The molecule has 0 aromatic rings. The molecule has 48 valence electrons. The molecule has 9 heavy (non-hydrogen) atoms. The monoisotopic (exact) mass is 257 g/mol. The number of hydrogen-bond donors (Lipinski definition) is 2. The summed E-state index contributed by atoms with van der Waals surface area (Å²) in [5.41, 5.74) is 0. The van der Waals surface area contributed by atoms with Gasteiger partial charge in [0.2, 0.25) is 0 Å². The quantitative estimate of drug-likeness (QED) is 0.351. The average molecular weight is 257 g/mol. The SMILES string of the molecule is O=C(O)O.O=[N+]([O-])[O-].[Cs+]. The Morgan fingerprint density at radius 3 is 1.33 bits per heavy atom. The summed E-state index contributed by atoms with van der Waals surface area (Å²) in [7, 11) is 0. The first-order valence-corrected chi connectivity index (χ1v) is 1.20. The van der Waals surface area contributed by atoms with Crippen molar-refractivity contribution in [3.05, 3.63) is 15.3 Å². The molecule has 0 aliphatic carbocycles. The molecule has 0 bridgehead atoms. The summed E-state index contributed by atoms with van der Waals surface area (Å²) in [5.74, 6) is 0. The molecule has 0 heterocycles. The fourth-order valence-electron chi connectivity index (χ4n) is 0. The zero-order chi connectivity index (χ0) is 7.15. The Labute approximate surface area is 108 Å². The van der Waals surface area contributed by atoms with Gasteiger partial charge in [0.1, 0.15) is 0 Å². The zero-order valence-electron chi connectivity index (χ0n) is 4.47. The maximum Gasteiger partial charge on any atom is 1.00 e. The molecule has 8 heteroatoms. The van der Waals surface area contributed by atoms with Crippen LogP contribution in [0.2, 0.25) is 0 Å². The van der Waals surface area contributed by atoms with Gasteiger partial charge in [-0.3, -0.25) is 0 Å². The fourth-order valence-corrected chi connectivity index (χ4v) is 0. The van der Waals surface area contributed by atoms with Crippen molar-refractivity contribution in [2.24, 2.45) is 0 Å². The van der Waals surface area contributed by atoms with E-state index in [1.54, 1.807) is 0 Å². The number of nitrogens with zero attached hydrogens (tertiary/aromatic N) is 1. The van der Waals surface area contributed by atoms with Crippen LogP contribution in [-0.2, 0) is 0 Å². The van der Waals surface area contributed by atoms with Gasteiger partial charge in [0.15, 0.2) is 0 Å². The summed E-state index contributed by atoms with van der Waals surface area (Å²) >= 11 is 0. The van der Waals surface area contributed by atoms with Gasteiger partial charge < -0.3 is 25.5 Å². The van der Waals surface area contributed by atoms with E-state index in [1.165, 1.54) is 0 Å². The summed E-state index contributed by atoms with van der Waals surface area (Å²) in [4.78, 5) is 16.8. The van der Waals surface area contributed by atoms with Crippen molar-refractivity contribution >= 4 is 6.16 Å². The minimum Gasteiger partial charge on any atom is -0.450 e. The molecular weight excluding hydrogens is 255 g/mol. The first-order chi connectivity index (χ1) is 3.46. The second-order valence-corrected chi connectivity index (χ2v) is 0.506. The molecule has 0 aliphatic rings. The summed E-state index contributed by atoms with van der Waals surface area (Å²) in [5, 5.41) is 28.7. The van der Waals surface area contributed by atoms with E-state index in [1.807, 2.05) is 0 Å². The van der Waals surface area contributed by atoms with Crippen LogP contribution in [0.4, 0.5) is 4.79 Å². The number of carboxylic acid groups (broad SMARTS) is 2. The van der Waals surface area contributed by atoms with E-state index in [0.29, 0.717) is 0 Å². The summed E-state index contributed by atoms with van der Waals surface area (Å²) in [6, 6.07) is 0. The Morgan fingerprint density at radius 2 is 1.33 bits per heavy atom. The van der Waals surface area contributed by atoms with Crippen molar-refractivity contribution in [3.63, 3.8) is 0 Å². The van der Waals surface area contributed by atoms with E-state index >= 15 is 0 Å². The van der Waals surface area contributed by atoms with Gasteiger partial charge in [0.25, 0.3) is 0 Å². The van der Waals surface area contributed by atoms with Crippen LogP contribution in [0, 0.1) is 15.3 Å². The topological polar surface area (TPSA) is 124 Å². The standard InChI is InChI=1S/CH2O3.Cs.NO3/c2-1(3)4;;2-1(3)4/h(H2,2,3,4);;/q;+1;-1. The van der Waals surface area contributed by atoms with Gasteiger partial charge in [-0.05, 0) is 0 Å². The van der Waals surface area contributed by atoms with Crippen molar-refractivity contribution in [2.75, 3.05) is 0 Å². The molecule has 0 aliphatic heterocycles. The molecule has 0 fully saturated rings. The van der Waals surface area contributed by atoms with Crippen molar-refractivity contribution < 1.29 is 89.0 Å². The van der Waals surface area contributed by atoms with E-state index in [-0.39, 0.29) is 68.9 Å². The molecule has 2 N–H and O–H groups in total. The van der Waals surface area contributed by atoms with Crippen molar-refractivity contribution in [2.45, 2.75) is 0 Å². The fraction of sp³-hybridized carbons (Fsp3) is 0. The van der Waals surface area contributed by atoms with Gasteiger partial charge in [0, 0.05) is 0 Å². The Kier molecular flexibility index (Phi) is 20.5. The van der Waals surface area contributed by atoms with Gasteiger partial charge in [-0.2, -0.15) is 0 Å². The average Bonchev–Trinajstić information content (AvgIpc) is 1.25. The van der Waals surface area contributed by atoms with Crippen LogP contribution in [0.15, 0.2) is 0 Å². The Morgan fingerprint density at radius 1 is 1.33 bits per heavy atom. The zero-order valence-corrected chi connectivity index (χ0v) is 10.8. The van der Waals surface area contributed by atoms with Crippen LogP contribution in [0.25, 0.3) is 0 Å². The normalized spacial score (nSPS) is 5.33. The predicted octanol–water partition coefficient (Wildman–Crippen LogP) is -3.01. The molecule has 0 spiro atoms. The Hall–Kier alpha value is 0.522. The van der Waals surface area contributed by atoms with Gasteiger partial charge in [-0.1, -0.05) is 0 Å². The van der Waals surface area contributed by atoms with E-state index in [9.17, 15) is 0 Å². The number of hydrogen-bond acceptors (Lipinski definition) is 4. The van der Waals surface area contributed by atoms with Crippen LogP contribution in [0.1, 0.15) is 0 Å². The first-order valence-electron chi connectivity index (χ1n) is 1.20. The van der Waals surface area contributed by atoms with Gasteiger partial charge in [-0.15, -0.1) is 0 Å². The molecule has 0 aromatic carbocycles. The second-order valence-electron chi connectivity index (χ2n) is 0.506. The van der Waals surface area contributed by atoms with Crippen LogP contribution < -0.4 is 68.9 Å². The third-order valence-corrected chi connectivity index (χ3v) is 0. The summed E-state index contributed by atoms with van der Waals surface area (Å²) < 4.78 is 0. The van der Waals surface area contributed by atoms with Gasteiger partial charge in [-0.25, -0.2) is 4.79 Å². The maximum absolute atomic E-state index is 8.56. The molecule has 0 rings (SSSR count). The molecule has 0 atom stereocenters. The Bertz CT molecular complexity index is 71.1. The van der Waals surface area contributed by atoms with E-state index in [2.05, 4.69) is 0 Å². The minimum atomic E-state index is -1.83. The molecule has 0 radical (unpaired) electrons. The van der Waals surface area contributed by atoms with Crippen molar-refractivity contribution in [1.29, 1.82) is 0 Å². The minimum absolute atomic E-state index is 0. The van der Waals surface area contributed by atoms with E-state index < -0.39 is 11.2 Å². The third kappa shape index (κ3) is 1330. The van der Waals surface area contributed by atoms with Crippen LogP contribution in [-0.4, -0.2) is 21.5 Å². The van der Waals surface area contributed by atoms with Crippen molar-refractivity contribution in [3.8, 4) is 0 Å². The maximum atomic E-state index is 8.56. The third-order valence-electron chi connectivity index (χ3n) is 0. The first kappa shape index (κ1) is 16.3. The Balaban J connectivity index is -0.0000000720. The van der Waals surface area contributed by atoms with Gasteiger partial charge in [0.05, 0.1) is 5.09 Å². The molecular formula is CH2CsNO6. The number of rotatable bonds is 0.